The molecule has 1 saturated heterocycles. The van der Waals surface area contributed by atoms with Crippen molar-refractivity contribution in [3.63, 3.8) is 0 Å². The van der Waals surface area contributed by atoms with Gasteiger partial charge in [0.15, 0.2) is 0 Å². The molecule has 0 N–H and O–H groups in total. The highest BCUT2D eigenvalue weighted by molar-refractivity contribution is 7.98. The molecule has 4 nitrogen and oxygen atoms in total. The molecule has 0 radical (unpaired) electrons. The maximum atomic E-state index is 12.9. The van der Waals surface area contributed by atoms with Crippen LogP contribution < -0.4 is 5.01 Å². The second-order valence-corrected chi connectivity index (χ2v) is 9.53. The fourth-order valence-electron chi connectivity index (χ4n) is 4.68. The minimum atomic E-state index is 0.130. The summed E-state index contributed by atoms with van der Waals surface area (Å²) in [6, 6.07) is 27.3. The second-order valence-electron chi connectivity index (χ2n) is 8.65. The molecule has 1 atom stereocenters. The van der Waals surface area contributed by atoms with Gasteiger partial charge in [0, 0.05) is 30.0 Å². The fraction of sp³-hybridized carbons (Fsp3) is 0.286. The van der Waals surface area contributed by atoms with Crippen LogP contribution >= 0.6 is 11.8 Å². The van der Waals surface area contributed by atoms with Crippen LogP contribution in [-0.4, -0.2) is 35.9 Å². The predicted octanol–water partition coefficient (Wildman–Crippen LogP) is 6.39. The van der Waals surface area contributed by atoms with E-state index in [0.29, 0.717) is 0 Å². The predicted molar refractivity (Wildman–Crippen MR) is 137 cm³/mol. The first-order valence-corrected chi connectivity index (χ1v) is 12.9. The Kier molecular flexibility index (Phi) is 6.49. The van der Waals surface area contributed by atoms with Gasteiger partial charge in [-0.15, -0.1) is 11.8 Å². The Morgan fingerprint density at radius 3 is 2.24 bits per heavy atom. The number of rotatable bonds is 5. The average molecular weight is 456 g/mol. The molecule has 1 amide bonds. The Bertz CT molecular complexity index is 1120. The minimum absolute atomic E-state index is 0.130. The number of carbonyl (C=O) groups is 1. The minimum Gasteiger partial charge on any atom is -0.339 e. The van der Waals surface area contributed by atoms with Gasteiger partial charge in [0.05, 0.1) is 17.4 Å². The monoisotopic (exact) mass is 455 g/mol. The van der Waals surface area contributed by atoms with Gasteiger partial charge in [-0.1, -0.05) is 42.5 Å². The van der Waals surface area contributed by atoms with Gasteiger partial charge in [0.25, 0.3) is 5.91 Å². The molecule has 33 heavy (non-hydrogen) atoms. The number of thioether (sulfide) groups is 1. The number of anilines is 1. The SMILES string of the molecule is CSc1ccc(C2=NN(c3ccc(C(=O)N4CCCCC4)cc3)C(c3ccccc3)C2)cc1. The molecule has 0 saturated carbocycles. The van der Waals surface area contributed by atoms with Crippen LogP contribution in [0.4, 0.5) is 5.69 Å². The number of piperidine rings is 1. The number of hydrazone groups is 1. The van der Waals surface area contributed by atoms with Crippen molar-refractivity contribution in [1.29, 1.82) is 0 Å². The van der Waals surface area contributed by atoms with Crippen molar-refractivity contribution in [1.82, 2.24) is 4.90 Å². The van der Waals surface area contributed by atoms with Gasteiger partial charge in [0.2, 0.25) is 0 Å². The lowest BCUT2D eigenvalue weighted by atomic mass is 9.98. The van der Waals surface area contributed by atoms with Crippen molar-refractivity contribution in [2.24, 2.45) is 5.10 Å². The summed E-state index contributed by atoms with van der Waals surface area (Å²) >= 11 is 1.75. The van der Waals surface area contributed by atoms with E-state index in [0.717, 1.165) is 54.9 Å². The van der Waals surface area contributed by atoms with Crippen molar-refractivity contribution in [3.05, 3.63) is 95.6 Å². The number of hydrogen-bond donors (Lipinski definition) is 0. The lowest BCUT2D eigenvalue weighted by molar-refractivity contribution is 0.0724. The van der Waals surface area contributed by atoms with Gasteiger partial charge in [-0.25, -0.2) is 0 Å². The van der Waals surface area contributed by atoms with Crippen LogP contribution in [0.25, 0.3) is 0 Å². The van der Waals surface area contributed by atoms with E-state index in [1.807, 2.05) is 35.2 Å². The Hall–Kier alpha value is -3.05. The first-order valence-electron chi connectivity index (χ1n) is 11.7. The zero-order valence-corrected chi connectivity index (χ0v) is 19.8. The normalized spacial score (nSPS) is 18.3. The highest BCUT2D eigenvalue weighted by Gasteiger charge is 2.30. The Balaban J connectivity index is 1.43. The highest BCUT2D eigenvalue weighted by atomic mass is 32.2. The van der Waals surface area contributed by atoms with Gasteiger partial charge in [-0.05, 0) is 73.0 Å². The van der Waals surface area contributed by atoms with Gasteiger partial charge in [-0.2, -0.15) is 5.10 Å². The molecule has 1 fully saturated rings. The van der Waals surface area contributed by atoms with E-state index in [1.165, 1.54) is 16.9 Å². The molecule has 2 aliphatic rings. The van der Waals surface area contributed by atoms with Gasteiger partial charge < -0.3 is 4.90 Å². The van der Waals surface area contributed by atoms with Crippen molar-refractivity contribution in [3.8, 4) is 0 Å². The molecule has 0 spiro atoms. The quantitative estimate of drug-likeness (QED) is 0.418. The van der Waals surface area contributed by atoms with E-state index in [4.69, 9.17) is 5.10 Å². The second kappa shape index (κ2) is 9.84. The molecule has 5 heteroatoms. The summed E-state index contributed by atoms with van der Waals surface area (Å²) in [5.74, 6) is 0.139. The van der Waals surface area contributed by atoms with Crippen LogP contribution in [0.2, 0.25) is 0 Å². The zero-order chi connectivity index (χ0) is 22.6. The van der Waals surface area contributed by atoms with Crippen molar-refractivity contribution in [2.45, 2.75) is 36.6 Å². The smallest absolute Gasteiger partial charge is 0.253 e. The van der Waals surface area contributed by atoms with Gasteiger partial charge in [0.1, 0.15) is 0 Å². The van der Waals surface area contributed by atoms with Crippen LogP contribution in [0.5, 0.6) is 0 Å². The largest absolute Gasteiger partial charge is 0.339 e. The van der Waals surface area contributed by atoms with E-state index in [-0.39, 0.29) is 11.9 Å². The van der Waals surface area contributed by atoms with Crippen LogP contribution in [0.3, 0.4) is 0 Å². The zero-order valence-electron chi connectivity index (χ0n) is 19.0. The molecule has 168 valence electrons. The number of likely N-dealkylation sites (tertiary alicyclic amines) is 1. The van der Waals surface area contributed by atoms with E-state index in [2.05, 4.69) is 59.8 Å². The Morgan fingerprint density at radius 2 is 1.58 bits per heavy atom. The molecule has 0 aromatic heterocycles. The maximum Gasteiger partial charge on any atom is 0.253 e. The first-order chi connectivity index (χ1) is 16.2. The van der Waals surface area contributed by atoms with E-state index in [9.17, 15) is 4.79 Å². The van der Waals surface area contributed by atoms with Crippen molar-refractivity contribution < 1.29 is 4.79 Å². The molecule has 3 aromatic rings. The lowest BCUT2D eigenvalue weighted by Gasteiger charge is -2.27. The summed E-state index contributed by atoms with van der Waals surface area (Å²) in [7, 11) is 0. The van der Waals surface area contributed by atoms with Gasteiger partial charge in [-0.3, -0.25) is 9.80 Å². The van der Waals surface area contributed by atoms with Crippen molar-refractivity contribution >= 4 is 29.1 Å². The molecule has 1 unspecified atom stereocenters. The topological polar surface area (TPSA) is 35.9 Å². The number of amides is 1. The molecular weight excluding hydrogens is 426 g/mol. The Labute approximate surface area is 200 Å². The molecule has 2 aliphatic heterocycles. The molecular formula is C28H29N3OS. The third kappa shape index (κ3) is 4.69. The highest BCUT2D eigenvalue weighted by Crippen LogP contribution is 2.37. The summed E-state index contributed by atoms with van der Waals surface area (Å²) in [4.78, 5) is 16.1. The van der Waals surface area contributed by atoms with Gasteiger partial charge >= 0.3 is 0 Å². The van der Waals surface area contributed by atoms with E-state index < -0.39 is 0 Å². The third-order valence-electron chi connectivity index (χ3n) is 6.54. The third-order valence-corrected chi connectivity index (χ3v) is 7.28. The summed E-state index contributed by atoms with van der Waals surface area (Å²) in [6.45, 7) is 1.73. The van der Waals surface area contributed by atoms with E-state index in [1.54, 1.807) is 11.8 Å². The molecule has 3 aromatic carbocycles. The van der Waals surface area contributed by atoms with Crippen LogP contribution in [0.1, 0.15) is 53.2 Å². The van der Waals surface area contributed by atoms with E-state index >= 15 is 0 Å². The number of hydrogen-bond acceptors (Lipinski definition) is 4. The molecule has 2 heterocycles. The summed E-state index contributed by atoms with van der Waals surface area (Å²) in [5.41, 5.74) is 5.26. The number of carbonyl (C=O) groups excluding carboxylic acids is 1. The molecule has 0 aliphatic carbocycles. The first kappa shape index (κ1) is 21.8. The fourth-order valence-corrected chi connectivity index (χ4v) is 5.09. The lowest BCUT2D eigenvalue weighted by Crippen LogP contribution is -2.35. The summed E-state index contributed by atoms with van der Waals surface area (Å²) in [6.07, 6.45) is 6.36. The average Bonchev–Trinajstić information content (AvgIpc) is 3.35. The number of nitrogens with zero attached hydrogens (tertiary/aromatic N) is 3. The van der Waals surface area contributed by atoms with Crippen LogP contribution in [0, 0.1) is 0 Å². The van der Waals surface area contributed by atoms with Crippen molar-refractivity contribution in [2.75, 3.05) is 24.4 Å². The standard InChI is InChI=1S/C28H29N3OS/c1-33-25-16-12-21(13-17-25)26-20-27(22-8-4-2-5-9-22)31(29-26)24-14-10-23(11-15-24)28(32)30-18-6-3-7-19-30/h2,4-5,8-17,27H,3,6-7,18-20H2,1H3. The maximum absolute atomic E-state index is 12.9. The molecule has 5 rings (SSSR count). The Morgan fingerprint density at radius 1 is 0.879 bits per heavy atom. The van der Waals surface area contributed by atoms with Crippen LogP contribution in [-0.2, 0) is 0 Å². The summed E-state index contributed by atoms with van der Waals surface area (Å²) in [5, 5.41) is 7.17. The van der Waals surface area contributed by atoms with Crippen LogP contribution in [0.15, 0.2) is 88.9 Å². The molecule has 0 bridgehead atoms. The number of benzene rings is 3. The summed E-state index contributed by atoms with van der Waals surface area (Å²) < 4.78 is 0.